The predicted molar refractivity (Wildman–Crippen MR) is 57.3 cm³/mol. The Bertz CT molecular complexity index is 550. The number of oxazole rings is 1. The van der Waals surface area contributed by atoms with Crippen LogP contribution < -0.4 is 5.32 Å². The van der Waals surface area contributed by atoms with Crippen molar-refractivity contribution in [1.29, 1.82) is 0 Å². The van der Waals surface area contributed by atoms with E-state index in [1.54, 1.807) is 0 Å². The number of carbonyl (C=O) groups is 1. The quantitative estimate of drug-likeness (QED) is 0.908. The Morgan fingerprint density at radius 2 is 2.39 bits per heavy atom. The molecule has 1 amide bonds. The molecule has 0 aliphatic rings. The third-order valence-electron chi connectivity index (χ3n) is 2.24. The highest BCUT2D eigenvalue weighted by Gasteiger charge is 2.16. The van der Waals surface area contributed by atoms with Crippen molar-refractivity contribution in [2.75, 3.05) is 5.32 Å². The second-order valence-electron chi connectivity index (χ2n) is 3.42. The fourth-order valence-electron chi connectivity index (χ4n) is 1.41. The molecule has 0 fully saturated rings. The summed E-state index contributed by atoms with van der Waals surface area (Å²) in [6.45, 7) is -0.930. The van der Waals surface area contributed by atoms with E-state index in [2.05, 4.69) is 15.4 Å². The summed E-state index contributed by atoms with van der Waals surface area (Å²) in [6, 6.07) is 0. The van der Waals surface area contributed by atoms with E-state index in [1.807, 2.05) is 6.92 Å². The van der Waals surface area contributed by atoms with Gasteiger partial charge in [0.25, 0.3) is 5.91 Å². The van der Waals surface area contributed by atoms with Gasteiger partial charge in [0.05, 0.1) is 18.1 Å². The van der Waals surface area contributed by atoms with Gasteiger partial charge in [-0.2, -0.15) is 13.9 Å². The number of nitrogens with one attached hydrogen (secondary N) is 1. The minimum atomic E-state index is -2.74. The molecule has 0 atom stereocenters. The Kier molecular flexibility index (Phi) is 3.35. The fourth-order valence-corrected chi connectivity index (χ4v) is 1.41. The van der Waals surface area contributed by atoms with Crippen LogP contribution in [0.4, 0.5) is 14.5 Å². The molecule has 96 valence electrons. The Morgan fingerprint density at radius 1 is 1.61 bits per heavy atom. The van der Waals surface area contributed by atoms with E-state index in [0.29, 0.717) is 16.9 Å². The van der Waals surface area contributed by atoms with Crippen LogP contribution in [0.2, 0.25) is 0 Å². The van der Waals surface area contributed by atoms with E-state index in [1.165, 1.54) is 0 Å². The summed E-state index contributed by atoms with van der Waals surface area (Å²) in [4.78, 5) is 15.5. The molecule has 0 aliphatic carbocycles. The van der Waals surface area contributed by atoms with Crippen LogP contribution in [-0.4, -0.2) is 20.7 Å². The monoisotopic (exact) mass is 256 g/mol. The highest BCUT2D eigenvalue weighted by molar-refractivity contribution is 6.03. The molecule has 0 spiro atoms. The van der Waals surface area contributed by atoms with Crippen molar-refractivity contribution in [2.45, 2.75) is 19.9 Å². The maximum absolute atomic E-state index is 12.3. The summed E-state index contributed by atoms with van der Waals surface area (Å²) < 4.78 is 30.0. The van der Waals surface area contributed by atoms with Gasteiger partial charge in [-0.1, -0.05) is 6.92 Å². The van der Waals surface area contributed by atoms with E-state index in [0.717, 1.165) is 18.8 Å². The van der Waals surface area contributed by atoms with Gasteiger partial charge in [-0.3, -0.25) is 4.79 Å². The van der Waals surface area contributed by atoms with Crippen molar-refractivity contribution in [1.82, 2.24) is 14.8 Å². The molecular formula is C10H10F2N4O2. The summed E-state index contributed by atoms with van der Waals surface area (Å²) >= 11 is 0. The Hall–Kier alpha value is -2.25. The highest BCUT2D eigenvalue weighted by Crippen LogP contribution is 2.15. The third kappa shape index (κ3) is 2.36. The summed E-state index contributed by atoms with van der Waals surface area (Å²) in [7, 11) is 0. The van der Waals surface area contributed by atoms with E-state index in [9.17, 15) is 13.6 Å². The molecule has 0 bridgehead atoms. The molecule has 0 saturated heterocycles. The molecule has 2 aromatic heterocycles. The minimum Gasteiger partial charge on any atom is -0.448 e. The molecule has 2 rings (SSSR count). The zero-order valence-electron chi connectivity index (χ0n) is 9.43. The topological polar surface area (TPSA) is 73.0 Å². The maximum atomic E-state index is 12.3. The number of anilines is 1. The first-order valence-corrected chi connectivity index (χ1v) is 5.17. The van der Waals surface area contributed by atoms with Crippen molar-refractivity contribution in [3.8, 4) is 0 Å². The number of carbonyl (C=O) groups excluding carboxylic acids is 1. The number of alkyl halides is 2. The Labute approximate surface area is 101 Å². The van der Waals surface area contributed by atoms with Crippen LogP contribution in [0.15, 0.2) is 23.2 Å². The summed E-state index contributed by atoms with van der Waals surface area (Å²) in [5.74, 6) is -0.0804. The lowest BCUT2D eigenvalue weighted by Gasteiger charge is -2.00. The average molecular weight is 256 g/mol. The van der Waals surface area contributed by atoms with Gasteiger partial charge < -0.3 is 9.73 Å². The lowest BCUT2D eigenvalue weighted by molar-refractivity contribution is 0.0566. The number of amides is 1. The van der Waals surface area contributed by atoms with Gasteiger partial charge in [0.1, 0.15) is 5.76 Å². The van der Waals surface area contributed by atoms with E-state index in [-0.39, 0.29) is 11.4 Å². The van der Waals surface area contributed by atoms with E-state index < -0.39 is 12.5 Å². The number of rotatable bonds is 4. The second kappa shape index (κ2) is 4.94. The first kappa shape index (κ1) is 12.2. The van der Waals surface area contributed by atoms with Crippen molar-refractivity contribution < 1.29 is 18.0 Å². The average Bonchev–Trinajstić information content (AvgIpc) is 2.96. The van der Waals surface area contributed by atoms with Crippen LogP contribution in [0.5, 0.6) is 0 Å². The molecule has 1 N–H and O–H groups in total. The SMILES string of the molecule is CCc1ocnc1C(=O)Nc1cnn(C(F)F)c1. The first-order chi connectivity index (χ1) is 8.61. The molecule has 8 heteroatoms. The Morgan fingerprint density at radius 3 is 3.00 bits per heavy atom. The van der Waals surface area contributed by atoms with Crippen LogP contribution >= 0.6 is 0 Å². The van der Waals surface area contributed by atoms with Gasteiger partial charge in [0.15, 0.2) is 12.1 Å². The lowest BCUT2D eigenvalue weighted by Crippen LogP contribution is -2.13. The minimum absolute atomic E-state index is 0.141. The van der Waals surface area contributed by atoms with Crippen molar-refractivity contribution >= 4 is 11.6 Å². The van der Waals surface area contributed by atoms with E-state index in [4.69, 9.17) is 4.42 Å². The number of nitrogens with zero attached hydrogens (tertiary/aromatic N) is 3. The summed E-state index contributed by atoms with van der Waals surface area (Å²) in [5.41, 5.74) is 0.313. The van der Waals surface area contributed by atoms with Crippen LogP contribution in [0.3, 0.4) is 0 Å². The zero-order chi connectivity index (χ0) is 13.1. The largest absolute Gasteiger partial charge is 0.448 e. The standard InChI is InChI=1S/C10H10F2N4O2/c1-2-7-8(13-5-18-7)9(17)15-6-3-14-16(4-6)10(11)12/h3-5,10H,2H2,1H3,(H,15,17). The predicted octanol–water partition coefficient (Wildman–Crippen LogP) is 2.08. The van der Waals surface area contributed by atoms with Crippen molar-refractivity contribution in [3.63, 3.8) is 0 Å². The molecule has 0 aromatic carbocycles. The van der Waals surface area contributed by atoms with Gasteiger partial charge in [-0.05, 0) is 0 Å². The zero-order valence-corrected chi connectivity index (χ0v) is 9.43. The Balaban J connectivity index is 2.11. The lowest BCUT2D eigenvalue weighted by atomic mass is 10.2. The van der Waals surface area contributed by atoms with Gasteiger partial charge in [-0.15, -0.1) is 0 Å². The highest BCUT2D eigenvalue weighted by atomic mass is 19.3. The molecule has 2 heterocycles. The third-order valence-corrected chi connectivity index (χ3v) is 2.24. The van der Waals surface area contributed by atoms with Crippen molar-refractivity contribution in [2.24, 2.45) is 0 Å². The number of aromatic nitrogens is 3. The number of hydrogen-bond acceptors (Lipinski definition) is 4. The van der Waals surface area contributed by atoms with Crippen LogP contribution in [-0.2, 0) is 6.42 Å². The van der Waals surface area contributed by atoms with Crippen LogP contribution in [0.1, 0.15) is 29.7 Å². The molecule has 6 nitrogen and oxygen atoms in total. The van der Waals surface area contributed by atoms with Crippen LogP contribution in [0.25, 0.3) is 0 Å². The molecular weight excluding hydrogens is 246 g/mol. The second-order valence-corrected chi connectivity index (χ2v) is 3.42. The molecule has 0 saturated carbocycles. The molecule has 0 radical (unpaired) electrons. The number of hydrogen-bond donors (Lipinski definition) is 1. The molecule has 18 heavy (non-hydrogen) atoms. The maximum Gasteiger partial charge on any atom is 0.333 e. The van der Waals surface area contributed by atoms with Gasteiger partial charge >= 0.3 is 6.55 Å². The number of aryl methyl sites for hydroxylation is 1. The number of halogens is 2. The normalized spacial score (nSPS) is 10.9. The smallest absolute Gasteiger partial charge is 0.333 e. The first-order valence-electron chi connectivity index (χ1n) is 5.17. The summed E-state index contributed by atoms with van der Waals surface area (Å²) in [6.07, 6.45) is 3.85. The van der Waals surface area contributed by atoms with Gasteiger partial charge in [0, 0.05) is 6.42 Å². The van der Waals surface area contributed by atoms with Gasteiger partial charge in [0.2, 0.25) is 0 Å². The van der Waals surface area contributed by atoms with Crippen molar-refractivity contribution in [3.05, 3.63) is 30.2 Å². The fraction of sp³-hybridized carbons (Fsp3) is 0.300. The van der Waals surface area contributed by atoms with Crippen LogP contribution in [0, 0.1) is 0 Å². The van der Waals surface area contributed by atoms with Gasteiger partial charge in [-0.25, -0.2) is 9.67 Å². The summed E-state index contributed by atoms with van der Waals surface area (Å²) in [5, 5.41) is 5.82. The molecule has 2 aromatic rings. The van der Waals surface area contributed by atoms with E-state index >= 15 is 0 Å². The molecule has 0 unspecified atom stereocenters. The molecule has 0 aliphatic heterocycles.